The number of nitrogens with zero attached hydrogens (tertiary/aromatic N) is 1. The summed E-state index contributed by atoms with van der Waals surface area (Å²) in [6, 6.07) is 12.4. The highest BCUT2D eigenvalue weighted by molar-refractivity contribution is 6.31. The second kappa shape index (κ2) is 9.92. The van der Waals surface area contributed by atoms with Gasteiger partial charge in [0.05, 0.1) is 7.11 Å². The fourth-order valence-corrected chi connectivity index (χ4v) is 4.55. The molecular weight excluding hydrogens is 426 g/mol. The lowest BCUT2D eigenvalue weighted by atomic mass is 9.89. The minimum absolute atomic E-state index is 0.0128. The molecule has 170 valence electrons. The molecule has 7 heteroatoms. The van der Waals surface area contributed by atoms with E-state index in [1.165, 1.54) is 0 Å². The highest BCUT2D eigenvalue weighted by Gasteiger charge is 2.39. The van der Waals surface area contributed by atoms with Crippen molar-refractivity contribution in [2.75, 3.05) is 12.4 Å². The molecule has 2 aliphatic carbocycles. The SMILES string of the molecule is COc1cccc(C(=O)Nc2ccc(Cl)c(CN(C(=O)C3CC3)C3CCCCC3N)c2)c1. The lowest BCUT2D eigenvalue weighted by molar-refractivity contribution is -0.136. The average molecular weight is 456 g/mol. The van der Waals surface area contributed by atoms with Crippen LogP contribution in [0.3, 0.4) is 0 Å². The number of benzene rings is 2. The lowest BCUT2D eigenvalue weighted by Gasteiger charge is -2.39. The third-order valence-electron chi connectivity index (χ3n) is 6.37. The van der Waals surface area contributed by atoms with Crippen LogP contribution >= 0.6 is 11.6 Å². The number of hydrogen-bond donors (Lipinski definition) is 2. The van der Waals surface area contributed by atoms with E-state index in [0.717, 1.165) is 44.1 Å². The van der Waals surface area contributed by atoms with Crippen LogP contribution in [0.25, 0.3) is 0 Å². The molecule has 0 aliphatic heterocycles. The monoisotopic (exact) mass is 455 g/mol. The van der Waals surface area contributed by atoms with Gasteiger partial charge in [0, 0.05) is 40.8 Å². The summed E-state index contributed by atoms with van der Waals surface area (Å²) in [6.45, 7) is 0.398. The molecule has 0 spiro atoms. The predicted octanol–water partition coefficient (Wildman–Crippen LogP) is 4.61. The maximum absolute atomic E-state index is 13.1. The van der Waals surface area contributed by atoms with E-state index in [0.29, 0.717) is 28.6 Å². The van der Waals surface area contributed by atoms with E-state index in [9.17, 15) is 9.59 Å². The zero-order valence-electron chi connectivity index (χ0n) is 18.4. The molecule has 4 rings (SSSR count). The quantitative estimate of drug-likeness (QED) is 0.638. The van der Waals surface area contributed by atoms with Crippen LogP contribution < -0.4 is 15.8 Å². The Morgan fingerprint density at radius 1 is 1.12 bits per heavy atom. The van der Waals surface area contributed by atoms with Gasteiger partial charge in [-0.05, 0) is 67.6 Å². The van der Waals surface area contributed by atoms with Crippen molar-refractivity contribution in [3.8, 4) is 5.75 Å². The van der Waals surface area contributed by atoms with E-state index in [4.69, 9.17) is 22.1 Å². The van der Waals surface area contributed by atoms with Gasteiger partial charge in [-0.15, -0.1) is 0 Å². The van der Waals surface area contributed by atoms with Gasteiger partial charge in [0.15, 0.2) is 0 Å². The second-order valence-electron chi connectivity index (χ2n) is 8.75. The maximum atomic E-state index is 13.1. The Hall–Kier alpha value is -2.57. The first kappa shape index (κ1) is 22.6. The molecule has 0 heterocycles. The predicted molar refractivity (Wildman–Crippen MR) is 126 cm³/mol. The number of nitrogens with one attached hydrogen (secondary N) is 1. The Morgan fingerprint density at radius 3 is 2.62 bits per heavy atom. The van der Waals surface area contributed by atoms with Gasteiger partial charge in [0.1, 0.15) is 5.75 Å². The highest BCUT2D eigenvalue weighted by Crippen LogP contribution is 2.35. The molecule has 2 saturated carbocycles. The number of nitrogens with two attached hydrogens (primary N) is 1. The Balaban J connectivity index is 1.54. The number of methoxy groups -OCH3 is 1. The molecule has 2 fully saturated rings. The first-order valence-corrected chi connectivity index (χ1v) is 11.6. The van der Waals surface area contributed by atoms with Gasteiger partial charge in [-0.2, -0.15) is 0 Å². The summed E-state index contributed by atoms with van der Waals surface area (Å²) in [5.74, 6) is 0.665. The van der Waals surface area contributed by atoms with Crippen LogP contribution in [0.15, 0.2) is 42.5 Å². The van der Waals surface area contributed by atoms with Crippen molar-refractivity contribution in [1.82, 2.24) is 4.90 Å². The molecule has 6 nitrogen and oxygen atoms in total. The minimum Gasteiger partial charge on any atom is -0.497 e. The maximum Gasteiger partial charge on any atom is 0.255 e. The summed E-state index contributed by atoms with van der Waals surface area (Å²) in [7, 11) is 1.56. The standard InChI is InChI=1S/C25H30ClN3O3/c1-32-20-6-4-5-17(14-20)24(30)28-19-11-12-21(26)18(13-19)15-29(25(31)16-9-10-16)23-8-3-2-7-22(23)27/h4-6,11-14,16,22-23H,2-3,7-10,15,27H2,1H3,(H,28,30). The Kier molecular flexibility index (Phi) is 7.01. The zero-order chi connectivity index (χ0) is 22.7. The van der Waals surface area contributed by atoms with Crippen LogP contribution in [-0.2, 0) is 11.3 Å². The summed E-state index contributed by atoms with van der Waals surface area (Å²) in [5, 5.41) is 3.49. The van der Waals surface area contributed by atoms with Gasteiger partial charge in [-0.25, -0.2) is 0 Å². The summed E-state index contributed by atoms with van der Waals surface area (Å²) >= 11 is 6.51. The van der Waals surface area contributed by atoms with Crippen LogP contribution in [0.1, 0.15) is 54.4 Å². The number of hydrogen-bond acceptors (Lipinski definition) is 4. The fourth-order valence-electron chi connectivity index (χ4n) is 4.38. The Morgan fingerprint density at radius 2 is 1.91 bits per heavy atom. The van der Waals surface area contributed by atoms with E-state index < -0.39 is 0 Å². The number of ether oxygens (including phenoxy) is 1. The van der Waals surface area contributed by atoms with Crippen molar-refractivity contribution in [3.63, 3.8) is 0 Å². The highest BCUT2D eigenvalue weighted by atomic mass is 35.5. The molecule has 32 heavy (non-hydrogen) atoms. The van der Waals surface area contributed by atoms with Gasteiger partial charge >= 0.3 is 0 Å². The molecule has 2 atom stereocenters. The fraction of sp³-hybridized carbons (Fsp3) is 0.440. The molecule has 0 aromatic heterocycles. The molecular formula is C25H30ClN3O3. The van der Waals surface area contributed by atoms with Crippen LogP contribution in [0.5, 0.6) is 5.75 Å². The van der Waals surface area contributed by atoms with Gasteiger partial charge in [-0.3, -0.25) is 9.59 Å². The summed E-state index contributed by atoms with van der Waals surface area (Å²) in [5.41, 5.74) is 8.36. The van der Waals surface area contributed by atoms with Crippen molar-refractivity contribution in [2.45, 2.75) is 57.2 Å². The van der Waals surface area contributed by atoms with Crippen LogP contribution in [0, 0.1) is 5.92 Å². The molecule has 2 aliphatic rings. The molecule has 3 N–H and O–H groups in total. The van der Waals surface area contributed by atoms with Crippen molar-refractivity contribution < 1.29 is 14.3 Å². The molecule has 0 radical (unpaired) electrons. The number of anilines is 1. The van der Waals surface area contributed by atoms with E-state index in [-0.39, 0.29) is 29.8 Å². The number of carbonyl (C=O) groups is 2. The second-order valence-corrected chi connectivity index (χ2v) is 9.16. The first-order chi connectivity index (χ1) is 15.5. The van der Waals surface area contributed by atoms with Crippen LogP contribution in [0.2, 0.25) is 5.02 Å². The van der Waals surface area contributed by atoms with Crippen molar-refractivity contribution >= 4 is 29.1 Å². The van der Waals surface area contributed by atoms with E-state index in [1.54, 1.807) is 43.5 Å². The van der Waals surface area contributed by atoms with Crippen molar-refractivity contribution in [2.24, 2.45) is 11.7 Å². The van der Waals surface area contributed by atoms with Crippen LogP contribution in [0.4, 0.5) is 5.69 Å². The van der Waals surface area contributed by atoms with Crippen molar-refractivity contribution in [3.05, 3.63) is 58.6 Å². The van der Waals surface area contributed by atoms with E-state index >= 15 is 0 Å². The molecule has 2 aromatic carbocycles. The Bertz CT molecular complexity index is 992. The smallest absolute Gasteiger partial charge is 0.255 e. The number of halogens is 1. The molecule has 2 amide bonds. The topological polar surface area (TPSA) is 84.7 Å². The van der Waals surface area contributed by atoms with Gasteiger partial charge in [0.25, 0.3) is 5.91 Å². The van der Waals surface area contributed by atoms with Crippen LogP contribution in [-0.4, -0.2) is 35.9 Å². The molecule has 2 aromatic rings. The zero-order valence-corrected chi connectivity index (χ0v) is 19.1. The third-order valence-corrected chi connectivity index (χ3v) is 6.74. The van der Waals surface area contributed by atoms with Crippen molar-refractivity contribution in [1.29, 1.82) is 0 Å². The average Bonchev–Trinajstić information content (AvgIpc) is 3.65. The molecule has 0 bridgehead atoms. The van der Waals surface area contributed by atoms with Gasteiger partial charge < -0.3 is 20.7 Å². The van der Waals surface area contributed by atoms with E-state index in [1.807, 2.05) is 11.0 Å². The normalized spacial score (nSPS) is 20.5. The number of rotatable bonds is 7. The summed E-state index contributed by atoms with van der Waals surface area (Å²) < 4.78 is 5.20. The molecule has 0 saturated heterocycles. The number of carbonyl (C=O) groups excluding carboxylic acids is 2. The minimum atomic E-state index is -0.239. The largest absolute Gasteiger partial charge is 0.497 e. The lowest BCUT2D eigenvalue weighted by Crippen LogP contribution is -2.52. The molecule has 2 unspecified atom stereocenters. The van der Waals surface area contributed by atoms with Gasteiger partial charge in [0.2, 0.25) is 5.91 Å². The third kappa shape index (κ3) is 5.25. The number of amides is 2. The summed E-state index contributed by atoms with van der Waals surface area (Å²) in [4.78, 5) is 27.8. The first-order valence-electron chi connectivity index (χ1n) is 11.3. The summed E-state index contributed by atoms with van der Waals surface area (Å²) in [6.07, 6.45) is 5.93. The van der Waals surface area contributed by atoms with E-state index in [2.05, 4.69) is 5.32 Å². The Labute approximate surface area is 194 Å². The van der Waals surface area contributed by atoms with Gasteiger partial charge in [-0.1, -0.05) is 30.5 Å².